The molecule has 2 N–H and O–H groups in total. The lowest BCUT2D eigenvalue weighted by Gasteiger charge is -2.12. The highest BCUT2D eigenvalue weighted by atomic mass is 35.5. The minimum Gasteiger partial charge on any atom is -0.493 e. The molecule has 1 heterocycles. The van der Waals surface area contributed by atoms with Gasteiger partial charge in [0.1, 0.15) is 0 Å². The van der Waals surface area contributed by atoms with Crippen LogP contribution in [-0.4, -0.2) is 58.8 Å². The van der Waals surface area contributed by atoms with Gasteiger partial charge in [0.05, 0.1) is 32.6 Å². The molecule has 0 aliphatic heterocycles. The molecule has 0 aliphatic carbocycles. The number of rotatable bonds is 11. The number of hydrogen-bond acceptors (Lipinski definition) is 8. The monoisotopic (exact) mass is 421 g/mol. The maximum atomic E-state index is 8.67. The van der Waals surface area contributed by atoms with Crippen molar-refractivity contribution in [2.75, 3.05) is 33.5 Å². The fourth-order valence-electron chi connectivity index (χ4n) is 2.52. The van der Waals surface area contributed by atoms with Gasteiger partial charge in [-0.3, -0.25) is 0 Å². The highest BCUT2D eigenvalue weighted by Crippen LogP contribution is 2.32. The fraction of sp³-hybridized carbons (Fsp3) is 0.316. The molecule has 0 atom stereocenters. The summed E-state index contributed by atoms with van der Waals surface area (Å²) in [6, 6.07) is 15.4. The van der Waals surface area contributed by atoms with Crippen molar-refractivity contribution in [3.05, 3.63) is 54.1 Å². The van der Waals surface area contributed by atoms with Crippen LogP contribution in [0.5, 0.6) is 17.5 Å². The first-order valence-electron chi connectivity index (χ1n) is 8.89. The van der Waals surface area contributed by atoms with Crippen molar-refractivity contribution in [3.63, 3.8) is 0 Å². The molecule has 0 radical (unpaired) electrons. The number of ether oxygens (including phenoxy) is 3. The zero-order valence-electron chi connectivity index (χ0n) is 16.0. The summed E-state index contributed by atoms with van der Waals surface area (Å²) in [4.78, 5) is 0. The molecule has 0 saturated carbocycles. The van der Waals surface area contributed by atoms with Gasteiger partial charge in [-0.2, -0.15) is 4.68 Å². The summed E-state index contributed by atoms with van der Waals surface area (Å²) in [6.45, 7) is 2.27. The molecule has 2 aromatic carbocycles. The molecule has 0 spiro atoms. The third-order valence-electron chi connectivity index (χ3n) is 3.86. The van der Waals surface area contributed by atoms with Crippen LogP contribution in [0.2, 0.25) is 0 Å². The molecule has 0 bridgehead atoms. The molecule has 0 saturated heterocycles. The highest BCUT2D eigenvalue weighted by molar-refractivity contribution is 5.85. The van der Waals surface area contributed by atoms with Gasteiger partial charge in [0, 0.05) is 13.1 Å². The van der Waals surface area contributed by atoms with Gasteiger partial charge in [0.2, 0.25) is 0 Å². The fourth-order valence-corrected chi connectivity index (χ4v) is 2.52. The molecule has 9 nitrogen and oxygen atoms in total. The van der Waals surface area contributed by atoms with E-state index in [4.69, 9.17) is 19.3 Å². The van der Waals surface area contributed by atoms with Crippen LogP contribution in [0.15, 0.2) is 48.5 Å². The largest absolute Gasteiger partial charge is 0.493 e. The van der Waals surface area contributed by atoms with Gasteiger partial charge >= 0.3 is 6.01 Å². The molecular formula is C19H24ClN5O4. The number of benzene rings is 2. The standard InChI is InChI=1S/C19H23N5O4.ClH/c1-26-18-13-15(14-20-9-11-27-12-10-25)7-8-17(18)28-19-21-22-23-24(19)16-5-3-2-4-6-16;/h2-8,13,20,25H,9-12,14H2,1H3;1H. The van der Waals surface area contributed by atoms with E-state index in [1.807, 2.05) is 48.5 Å². The van der Waals surface area contributed by atoms with E-state index in [1.54, 1.807) is 7.11 Å². The first-order chi connectivity index (χ1) is 13.8. The number of nitrogens with one attached hydrogen (secondary N) is 1. The molecule has 1 aromatic heterocycles. The lowest BCUT2D eigenvalue weighted by Crippen LogP contribution is -2.20. The first-order valence-corrected chi connectivity index (χ1v) is 8.89. The summed E-state index contributed by atoms with van der Waals surface area (Å²) in [5.41, 5.74) is 1.83. The summed E-state index contributed by atoms with van der Waals surface area (Å²) >= 11 is 0. The Bertz CT molecular complexity index is 863. The maximum absolute atomic E-state index is 8.67. The Kier molecular flexibility index (Phi) is 9.32. The lowest BCUT2D eigenvalue weighted by molar-refractivity contribution is 0.0938. The molecule has 0 fully saturated rings. The summed E-state index contributed by atoms with van der Waals surface area (Å²) in [6.07, 6.45) is 0. The number of hydrogen-bond donors (Lipinski definition) is 2. The lowest BCUT2D eigenvalue weighted by atomic mass is 10.2. The quantitative estimate of drug-likeness (QED) is 0.453. The Balaban J connectivity index is 0.00000300. The number of tetrazole rings is 1. The van der Waals surface area contributed by atoms with Crippen LogP contribution in [0.1, 0.15) is 5.56 Å². The number of methoxy groups -OCH3 is 1. The van der Waals surface area contributed by atoms with Crippen molar-refractivity contribution in [1.82, 2.24) is 25.5 Å². The van der Waals surface area contributed by atoms with Gasteiger partial charge in [-0.1, -0.05) is 29.4 Å². The molecule has 0 unspecified atom stereocenters. The zero-order chi connectivity index (χ0) is 19.6. The van der Waals surface area contributed by atoms with Crippen molar-refractivity contribution in [1.29, 1.82) is 0 Å². The van der Waals surface area contributed by atoms with Gasteiger partial charge in [0.25, 0.3) is 0 Å². The Morgan fingerprint density at radius 3 is 2.66 bits per heavy atom. The van der Waals surface area contributed by atoms with Crippen LogP contribution in [0.25, 0.3) is 5.69 Å². The molecule has 156 valence electrons. The summed E-state index contributed by atoms with van der Waals surface area (Å²) < 4.78 is 18.1. The zero-order valence-corrected chi connectivity index (χ0v) is 16.8. The van der Waals surface area contributed by atoms with Crippen molar-refractivity contribution >= 4 is 12.4 Å². The Morgan fingerprint density at radius 1 is 1.07 bits per heavy atom. The molecule has 29 heavy (non-hydrogen) atoms. The topological polar surface area (TPSA) is 104 Å². The van der Waals surface area contributed by atoms with Gasteiger partial charge in [-0.25, -0.2) is 0 Å². The molecule has 10 heteroatoms. The van der Waals surface area contributed by atoms with Crippen LogP contribution in [0, 0.1) is 0 Å². The van der Waals surface area contributed by atoms with Crippen molar-refractivity contribution in [2.24, 2.45) is 0 Å². The van der Waals surface area contributed by atoms with E-state index < -0.39 is 0 Å². The van der Waals surface area contributed by atoms with Gasteiger partial charge in [0.15, 0.2) is 11.5 Å². The van der Waals surface area contributed by atoms with E-state index in [0.717, 1.165) is 11.3 Å². The average molecular weight is 422 g/mol. The average Bonchev–Trinajstić information content (AvgIpc) is 3.20. The Hall–Kier alpha value is -2.72. The number of aliphatic hydroxyl groups is 1. The minimum absolute atomic E-state index is 0. The number of aromatic nitrogens is 4. The number of aliphatic hydroxyl groups excluding tert-OH is 1. The highest BCUT2D eigenvalue weighted by Gasteiger charge is 2.14. The third kappa shape index (κ3) is 6.40. The van der Waals surface area contributed by atoms with E-state index in [-0.39, 0.29) is 25.0 Å². The first kappa shape index (κ1) is 22.6. The van der Waals surface area contributed by atoms with Gasteiger partial charge < -0.3 is 24.6 Å². The van der Waals surface area contributed by atoms with Crippen LogP contribution >= 0.6 is 12.4 Å². The predicted octanol–water partition coefficient (Wildman–Crippen LogP) is 1.98. The van der Waals surface area contributed by atoms with Gasteiger partial charge in [-0.15, -0.1) is 12.4 Å². The SMILES string of the molecule is COc1cc(CNCCOCCO)ccc1Oc1nnnn1-c1ccccc1.Cl. The second-order valence-electron chi connectivity index (χ2n) is 5.81. The van der Waals surface area contributed by atoms with E-state index >= 15 is 0 Å². The predicted molar refractivity (Wildman–Crippen MR) is 109 cm³/mol. The van der Waals surface area contributed by atoms with Crippen molar-refractivity contribution in [3.8, 4) is 23.2 Å². The number of para-hydroxylation sites is 1. The van der Waals surface area contributed by atoms with Crippen LogP contribution in [-0.2, 0) is 11.3 Å². The number of nitrogens with zero attached hydrogens (tertiary/aromatic N) is 4. The molecular weight excluding hydrogens is 398 g/mol. The summed E-state index contributed by atoms with van der Waals surface area (Å²) in [5, 5.41) is 23.6. The van der Waals surface area contributed by atoms with Crippen molar-refractivity contribution < 1.29 is 19.3 Å². The Morgan fingerprint density at radius 2 is 1.90 bits per heavy atom. The normalized spacial score (nSPS) is 10.4. The minimum atomic E-state index is 0. The van der Waals surface area contributed by atoms with Crippen LogP contribution < -0.4 is 14.8 Å². The molecule has 0 amide bonds. The third-order valence-corrected chi connectivity index (χ3v) is 3.86. The second-order valence-corrected chi connectivity index (χ2v) is 5.81. The Labute approximate surface area is 175 Å². The van der Waals surface area contributed by atoms with E-state index in [9.17, 15) is 0 Å². The number of halogens is 1. The van der Waals surface area contributed by atoms with Crippen LogP contribution in [0.4, 0.5) is 0 Å². The molecule has 0 aliphatic rings. The smallest absolute Gasteiger partial charge is 0.346 e. The van der Waals surface area contributed by atoms with E-state index in [0.29, 0.717) is 37.8 Å². The summed E-state index contributed by atoms with van der Waals surface area (Å²) in [5.74, 6) is 1.10. The van der Waals surface area contributed by atoms with Crippen molar-refractivity contribution in [2.45, 2.75) is 6.54 Å². The van der Waals surface area contributed by atoms with Crippen LogP contribution in [0.3, 0.4) is 0 Å². The molecule has 3 aromatic rings. The van der Waals surface area contributed by atoms with Gasteiger partial charge in [-0.05, 0) is 40.3 Å². The maximum Gasteiger partial charge on any atom is 0.346 e. The summed E-state index contributed by atoms with van der Waals surface area (Å²) in [7, 11) is 1.59. The second kappa shape index (κ2) is 12.0. The molecule has 3 rings (SSSR count). The van der Waals surface area contributed by atoms with E-state index in [1.165, 1.54) is 4.68 Å². The van der Waals surface area contributed by atoms with E-state index in [2.05, 4.69) is 20.8 Å².